The number of aromatic nitrogens is 8. The van der Waals surface area contributed by atoms with Gasteiger partial charge >= 0.3 is 0 Å². The molecule has 64 heavy (non-hydrogen) atoms. The van der Waals surface area contributed by atoms with Crippen molar-refractivity contribution in [3.05, 3.63) is 122 Å². The van der Waals surface area contributed by atoms with Crippen molar-refractivity contribution in [1.82, 2.24) is 49.3 Å². The van der Waals surface area contributed by atoms with Gasteiger partial charge in [-0.25, -0.2) is 0 Å². The van der Waals surface area contributed by atoms with E-state index < -0.39 is 0 Å². The van der Waals surface area contributed by atoms with Crippen LogP contribution in [-0.2, 0) is 42.1 Å². The number of aryl methyl sites for hydroxylation is 4. The third-order valence-electron chi connectivity index (χ3n) is 11.7. The molecule has 0 atom stereocenters. The van der Waals surface area contributed by atoms with E-state index in [1.165, 1.54) is 30.5 Å². The van der Waals surface area contributed by atoms with E-state index in [9.17, 15) is 0 Å². The minimum Gasteiger partial charge on any atom is -0.510 e. The van der Waals surface area contributed by atoms with Crippen molar-refractivity contribution in [1.29, 1.82) is 0 Å². The molecule has 0 spiro atoms. The zero-order valence-corrected chi connectivity index (χ0v) is 42.5. The molecule has 0 saturated carbocycles. The average Bonchev–Trinajstić information content (AvgIpc) is 4.07. The van der Waals surface area contributed by atoms with E-state index in [1.807, 2.05) is 110 Å². The first-order valence-electron chi connectivity index (χ1n) is 19.9. The van der Waals surface area contributed by atoms with Crippen LogP contribution in [0.1, 0.15) is 22.8 Å². The normalized spacial score (nSPS) is 15.7. The summed E-state index contributed by atoms with van der Waals surface area (Å²) in [6.45, 7) is 11.7. The first-order valence-corrected chi connectivity index (χ1v) is 23.2. The molecule has 7 aromatic rings. The van der Waals surface area contributed by atoms with Crippen LogP contribution in [0.5, 0.6) is 0 Å². The van der Waals surface area contributed by atoms with Gasteiger partial charge in [0, 0.05) is 73.1 Å². The van der Waals surface area contributed by atoms with Gasteiger partial charge in [0.2, 0.25) is 0 Å². The average molecular weight is 1270 g/mol. The van der Waals surface area contributed by atoms with E-state index in [2.05, 4.69) is 60.0 Å². The van der Waals surface area contributed by atoms with Crippen molar-refractivity contribution in [2.75, 3.05) is 23.9 Å². The van der Waals surface area contributed by atoms with E-state index in [1.54, 1.807) is 47.0 Å². The summed E-state index contributed by atoms with van der Waals surface area (Å²) in [5.41, 5.74) is 13.7. The van der Waals surface area contributed by atoms with Crippen LogP contribution in [0.25, 0.3) is 11.4 Å². The largest absolute Gasteiger partial charge is 0.510 e. The van der Waals surface area contributed by atoms with E-state index in [0.29, 0.717) is 0 Å². The van der Waals surface area contributed by atoms with E-state index >= 15 is 0 Å². The first-order chi connectivity index (χ1) is 30.1. The number of nitrogens with zero attached hydrogens (tertiary/aromatic N) is 12. The van der Waals surface area contributed by atoms with Gasteiger partial charge in [-0.2, -0.15) is 69.7 Å². The third kappa shape index (κ3) is 6.47. The van der Waals surface area contributed by atoms with Gasteiger partial charge < -0.3 is 39.5 Å². The summed E-state index contributed by atoms with van der Waals surface area (Å²) in [7, 11) is 4.04. The zero-order chi connectivity index (χ0) is 41.7. The van der Waals surface area contributed by atoms with Crippen molar-refractivity contribution in [2.45, 2.75) is 67.4 Å². The minimum absolute atomic E-state index is 0. The molecule has 0 saturated heterocycles. The second-order valence-electron chi connectivity index (χ2n) is 16.0. The molecule has 0 aliphatic carbocycles. The van der Waals surface area contributed by atoms with Crippen LogP contribution in [0.2, 0.25) is 0 Å². The molecular weight excluding hydrogens is 1240 g/mol. The molecule has 6 aromatic heterocycles. The zero-order valence-electron chi connectivity index (χ0n) is 34.7. The summed E-state index contributed by atoms with van der Waals surface area (Å²) in [5, 5.41) is 13.3. The predicted molar refractivity (Wildman–Crippen MR) is 245 cm³/mol. The van der Waals surface area contributed by atoms with Crippen molar-refractivity contribution in [2.24, 2.45) is 0 Å². The Hall–Kier alpha value is -4.17. The van der Waals surface area contributed by atoms with Crippen LogP contribution >= 0.6 is 47.0 Å². The van der Waals surface area contributed by atoms with Crippen LogP contribution in [0, 0.1) is 65.3 Å². The Labute approximate surface area is 417 Å². The number of anilines is 2. The second-order valence-corrected chi connectivity index (χ2v) is 20.0. The summed E-state index contributed by atoms with van der Waals surface area (Å²) >= 11 is 6.90. The number of hydrogen-bond acceptors (Lipinski definition) is 14. The van der Waals surface area contributed by atoms with E-state index in [-0.39, 0.29) is 55.6 Å². The molecule has 13 rings (SSSR count). The minimum atomic E-state index is -0.248. The third-order valence-corrected chi connectivity index (χ3v) is 16.5. The fourth-order valence-corrected chi connectivity index (χ4v) is 14.1. The molecular formula is C44H30B2N12Pt2S4-6. The molecule has 0 amide bonds. The van der Waals surface area contributed by atoms with Crippen LogP contribution < -0.4 is 42.6 Å². The Morgan fingerprint density at radius 1 is 0.484 bits per heavy atom. The van der Waals surface area contributed by atoms with Crippen molar-refractivity contribution >= 4 is 105 Å². The molecule has 12 nitrogen and oxygen atoms in total. The fourth-order valence-electron chi connectivity index (χ4n) is 9.05. The van der Waals surface area contributed by atoms with Gasteiger partial charge in [-0.3, -0.25) is 9.36 Å². The second kappa shape index (κ2) is 15.7. The Morgan fingerprint density at radius 2 is 0.812 bits per heavy atom. The van der Waals surface area contributed by atoms with Gasteiger partial charge in [-0.05, 0) is 121 Å². The standard InChI is InChI=1S/C44H30B2N12S4.2Pt/c1-23-11-25(3)57(51-23)29-15-33-43(49-19-29)61-39-35-37(59-41-31(45(33)35)13-27(17-47-41)55-9-7-53(5)21-55)38-36-40(39)62-44-34(16-30(20-50-44)58-26(4)12-24(2)52-58)46(36)32-14-28(18-48-42(32)60-38)56-10-8-54(6)22-56;;/h7-12,17-22H,1-6H3;;/q-6;;. The molecule has 12 heterocycles. The summed E-state index contributed by atoms with van der Waals surface area (Å²) < 4.78 is 3.88. The van der Waals surface area contributed by atoms with E-state index in [4.69, 9.17) is 30.1 Å². The van der Waals surface area contributed by atoms with Crippen molar-refractivity contribution < 1.29 is 42.1 Å². The summed E-state index contributed by atoms with van der Waals surface area (Å²) in [6, 6.07) is 19.6. The molecule has 322 valence electrons. The van der Waals surface area contributed by atoms with Gasteiger partial charge in [-0.15, -0.1) is 47.0 Å². The summed E-state index contributed by atoms with van der Waals surface area (Å²) in [5.74, 6) is 0. The molecule has 6 aliphatic heterocycles. The van der Waals surface area contributed by atoms with Crippen LogP contribution in [0.3, 0.4) is 0 Å². The maximum absolute atomic E-state index is 5.22. The number of rotatable bonds is 4. The SMILES string of the molecule is Cc1cc(C)n(-c2[c-]c3c(nc2)Sc2c4c5c(c6c2B3c2[c-]c(N3C=CN(C)[CH-]3)cnc2S6)Sc2ncc(N3C=CN(C)[CH-]3)[c-]c2B5c2[c-]c(-n3nc(C)cc3C)cnc2S4)n1.[Pt].[Pt]. The number of hydrogen-bond donors (Lipinski definition) is 0. The monoisotopic (exact) mass is 1270 g/mol. The molecule has 1 aromatic carbocycles. The molecule has 20 heteroatoms. The molecule has 0 radical (unpaired) electrons. The van der Waals surface area contributed by atoms with Crippen molar-refractivity contribution in [3.8, 4) is 11.4 Å². The molecule has 0 unspecified atom stereocenters. The molecule has 0 N–H and O–H groups in total. The number of pyridine rings is 4. The molecule has 6 aliphatic rings. The van der Waals surface area contributed by atoms with Gasteiger partial charge in [-0.1, -0.05) is 36.2 Å². The van der Waals surface area contributed by atoms with Crippen molar-refractivity contribution in [3.63, 3.8) is 0 Å². The van der Waals surface area contributed by atoms with Gasteiger partial charge in [0.05, 0.1) is 11.4 Å². The Morgan fingerprint density at radius 3 is 1.11 bits per heavy atom. The smallest absolute Gasteiger partial charge is 0.199 e. The van der Waals surface area contributed by atoms with Gasteiger partial charge in [0.25, 0.3) is 0 Å². The first kappa shape index (κ1) is 42.5. The molecule has 0 fully saturated rings. The Bertz CT molecular complexity index is 2990. The Kier molecular flexibility index (Phi) is 10.4. The van der Waals surface area contributed by atoms with Crippen LogP contribution in [0.15, 0.2) is 101 Å². The maximum atomic E-state index is 5.22. The van der Waals surface area contributed by atoms with E-state index in [0.717, 1.165) is 87.5 Å². The van der Waals surface area contributed by atoms with Gasteiger partial charge in [0.1, 0.15) is 0 Å². The Balaban J connectivity index is 0.00000228. The van der Waals surface area contributed by atoms with Crippen LogP contribution in [-0.4, -0.2) is 76.8 Å². The number of fused-ring (bicyclic) bond motifs is 10. The predicted octanol–water partition coefficient (Wildman–Crippen LogP) is 3.64. The molecule has 0 bridgehead atoms. The maximum Gasteiger partial charge on any atom is 0.199 e. The summed E-state index contributed by atoms with van der Waals surface area (Å²) in [6.07, 6.45) is 15.8. The summed E-state index contributed by atoms with van der Waals surface area (Å²) in [4.78, 5) is 33.7. The van der Waals surface area contributed by atoms with Gasteiger partial charge in [0.15, 0.2) is 13.4 Å². The van der Waals surface area contributed by atoms with Crippen LogP contribution in [0.4, 0.5) is 11.4 Å². The quantitative estimate of drug-likeness (QED) is 0.190. The topological polar surface area (TPSA) is 100 Å². The number of benzene rings is 1. The fraction of sp³-hybridized carbons (Fsp3) is 0.136.